The smallest absolute Gasteiger partial charge is 0.316 e. The minimum absolute atomic E-state index is 0.0468. The molecule has 54 valence electrons. The van der Waals surface area contributed by atoms with E-state index in [1.807, 2.05) is 0 Å². The molecule has 0 bridgehead atoms. The van der Waals surface area contributed by atoms with Gasteiger partial charge in [0, 0.05) is 26.0 Å². The molecule has 0 spiro atoms. The van der Waals surface area contributed by atoms with Gasteiger partial charge in [0.2, 0.25) is 0 Å². The Labute approximate surface area is 63.5 Å². The minimum Gasteiger partial charge on any atom is -0.337 e. The van der Waals surface area contributed by atoms with Gasteiger partial charge in [-0.25, -0.2) is 4.79 Å². The van der Waals surface area contributed by atoms with Gasteiger partial charge >= 0.3 is 6.03 Å². The molecule has 0 atom stereocenters. The Morgan fingerprint density at radius 3 is 2.56 bits per heavy atom. The van der Waals surface area contributed by atoms with E-state index in [4.69, 9.17) is 0 Å². The van der Waals surface area contributed by atoms with Crippen molar-refractivity contribution in [2.45, 2.75) is 0 Å². The van der Waals surface area contributed by atoms with Gasteiger partial charge in [-0.05, 0) is 0 Å². The van der Waals surface area contributed by atoms with Crippen molar-refractivity contribution in [1.29, 1.82) is 0 Å². The van der Waals surface area contributed by atoms with Gasteiger partial charge in [0.05, 0.1) is 0 Å². The van der Waals surface area contributed by atoms with Gasteiger partial charge in [0.1, 0.15) is 0 Å². The first-order chi connectivity index (χ1) is 4.18. The van der Waals surface area contributed by atoms with Crippen molar-refractivity contribution in [2.24, 2.45) is 0 Å². The highest BCUT2D eigenvalue weighted by Crippen LogP contribution is 1.78. The number of alkyl halides is 1. The van der Waals surface area contributed by atoms with Crippen LogP contribution in [0, 0.1) is 0 Å². The lowest BCUT2D eigenvalue weighted by atomic mass is 10.7. The minimum atomic E-state index is -0.0468. The first-order valence-electron chi connectivity index (χ1n) is 2.69. The average Bonchev–Trinajstić information content (AvgIpc) is 1.82. The summed E-state index contributed by atoms with van der Waals surface area (Å²) in [6, 6.07) is -0.0468. The molecule has 0 aliphatic rings. The fraction of sp³-hybridized carbons (Fsp3) is 0.800. The summed E-state index contributed by atoms with van der Waals surface area (Å²) in [6.07, 6.45) is 0. The van der Waals surface area contributed by atoms with E-state index in [-0.39, 0.29) is 6.03 Å². The zero-order valence-corrected chi connectivity index (χ0v) is 7.23. The second-order valence-corrected chi connectivity index (χ2v) is 2.61. The van der Waals surface area contributed by atoms with E-state index in [0.29, 0.717) is 6.54 Å². The third-order valence-electron chi connectivity index (χ3n) is 0.777. The lowest BCUT2D eigenvalue weighted by Crippen LogP contribution is -2.35. The van der Waals surface area contributed by atoms with Crippen LogP contribution in [0.15, 0.2) is 0 Å². The highest BCUT2D eigenvalue weighted by Gasteiger charge is 1.98. The predicted octanol–water partition coefficient (Wildman–Crippen LogP) is 0.653. The lowest BCUT2D eigenvalue weighted by molar-refractivity contribution is 0.218. The second-order valence-electron chi connectivity index (χ2n) is 1.82. The molecule has 0 aromatic carbocycles. The highest BCUT2D eigenvalue weighted by atomic mass is 79.9. The summed E-state index contributed by atoms with van der Waals surface area (Å²) in [4.78, 5) is 12.2. The van der Waals surface area contributed by atoms with Crippen LogP contribution in [0.4, 0.5) is 4.79 Å². The summed E-state index contributed by atoms with van der Waals surface area (Å²) in [5.41, 5.74) is 0. The van der Waals surface area contributed by atoms with Crippen LogP contribution in [0.1, 0.15) is 0 Å². The van der Waals surface area contributed by atoms with E-state index in [9.17, 15) is 4.79 Å². The summed E-state index contributed by atoms with van der Waals surface area (Å²) in [5.74, 6) is 0. The van der Waals surface area contributed by atoms with Crippen LogP contribution in [-0.2, 0) is 0 Å². The number of carbonyl (C=O) groups is 1. The number of urea groups is 1. The number of nitrogens with zero attached hydrogens (tertiary/aromatic N) is 1. The van der Waals surface area contributed by atoms with Crippen LogP contribution in [0.3, 0.4) is 0 Å². The van der Waals surface area contributed by atoms with Gasteiger partial charge in [-0.3, -0.25) is 0 Å². The van der Waals surface area contributed by atoms with Gasteiger partial charge in [0.25, 0.3) is 0 Å². The fourth-order valence-corrected chi connectivity index (χ4v) is 0.511. The summed E-state index contributed by atoms with van der Waals surface area (Å²) in [5, 5.41) is 3.47. The zero-order chi connectivity index (χ0) is 7.28. The number of halogens is 1. The largest absolute Gasteiger partial charge is 0.337 e. The summed E-state index contributed by atoms with van der Waals surface area (Å²) < 4.78 is 0. The van der Waals surface area contributed by atoms with E-state index in [0.717, 1.165) is 5.33 Å². The van der Waals surface area contributed by atoms with Crippen molar-refractivity contribution < 1.29 is 4.79 Å². The molecule has 0 heterocycles. The van der Waals surface area contributed by atoms with E-state index < -0.39 is 0 Å². The Morgan fingerprint density at radius 2 is 2.22 bits per heavy atom. The molecular weight excluding hydrogens is 184 g/mol. The quantitative estimate of drug-likeness (QED) is 0.644. The van der Waals surface area contributed by atoms with Crippen molar-refractivity contribution in [3.63, 3.8) is 0 Å². The highest BCUT2D eigenvalue weighted by molar-refractivity contribution is 9.09. The Balaban J connectivity index is 3.28. The Hall–Kier alpha value is -0.250. The number of hydrogen-bond donors (Lipinski definition) is 1. The Kier molecular flexibility index (Phi) is 4.48. The van der Waals surface area contributed by atoms with E-state index >= 15 is 0 Å². The molecule has 0 radical (unpaired) electrons. The predicted molar refractivity (Wildman–Crippen MR) is 40.9 cm³/mol. The molecule has 0 unspecified atom stereocenters. The summed E-state index contributed by atoms with van der Waals surface area (Å²) in [6.45, 7) is 0.678. The van der Waals surface area contributed by atoms with Crippen LogP contribution in [0.2, 0.25) is 0 Å². The number of nitrogens with one attached hydrogen (secondary N) is 1. The summed E-state index contributed by atoms with van der Waals surface area (Å²) >= 11 is 3.19. The SMILES string of the molecule is CN(C)C(=O)NCCBr. The Bertz CT molecular complexity index is 95.0. The van der Waals surface area contributed by atoms with Crippen molar-refractivity contribution in [2.75, 3.05) is 26.0 Å². The molecule has 0 aromatic rings. The molecular formula is C5H11BrN2O. The van der Waals surface area contributed by atoms with Crippen molar-refractivity contribution in [3.8, 4) is 0 Å². The number of hydrogen-bond acceptors (Lipinski definition) is 1. The van der Waals surface area contributed by atoms with Gasteiger partial charge in [-0.15, -0.1) is 0 Å². The molecule has 1 N–H and O–H groups in total. The van der Waals surface area contributed by atoms with Gasteiger partial charge in [-0.2, -0.15) is 0 Å². The van der Waals surface area contributed by atoms with Crippen LogP contribution < -0.4 is 5.32 Å². The molecule has 3 nitrogen and oxygen atoms in total. The molecule has 0 aromatic heterocycles. The van der Waals surface area contributed by atoms with Crippen molar-refractivity contribution in [1.82, 2.24) is 10.2 Å². The fourth-order valence-electron chi connectivity index (χ4n) is 0.312. The number of rotatable bonds is 2. The summed E-state index contributed by atoms with van der Waals surface area (Å²) in [7, 11) is 3.42. The van der Waals surface area contributed by atoms with Crippen molar-refractivity contribution in [3.05, 3.63) is 0 Å². The Morgan fingerprint density at radius 1 is 1.67 bits per heavy atom. The maximum absolute atomic E-state index is 10.7. The topological polar surface area (TPSA) is 32.3 Å². The first kappa shape index (κ1) is 8.75. The molecule has 0 saturated carbocycles. The first-order valence-corrected chi connectivity index (χ1v) is 3.81. The third-order valence-corrected chi connectivity index (χ3v) is 1.17. The maximum atomic E-state index is 10.7. The van der Waals surface area contributed by atoms with E-state index in [1.165, 1.54) is 4.90 Å². The normalized spacial score (nSPS) is 8.78. The maximum Gasteiger partial charge on any atom is 0.316 e. The van der Waals surface area contributed by atoms with E-state index in [1.54, 1.807) is 14.1 Å². The molecule has 0 rings (SSSR count). The molecule has 0 fully saturated rings. The molecule has 9 heavy (non-hydrogen) atoms. The van der Waals surface area contributed by atoms with Crippen LogP contribution in [0.5, 0.6) is 0 Å². The molecule has 4 heteroatoms. The molecule has 0 saturated heterocycles. The van der Waals surface area contributed by atoms with Gasteiger partial charge in [-0.1, -0.05) is 15.9 Å². The molecule has 2 amide bonds. The monoisotopic (exact) mass is 194 g/mol. The second kappa shape index (κ2) is 4.61. The van der Waals surface area contributed by atoms with Crippen molar-refractivity contribution >= 4 is 22.0 Å². The number of carbonyl (C=O) groups excluding carboxylic acids is 1. The van der Waals surface area contributed by atoms with Crippen LogP contribution in [0.25, 0.3) is 0 Å². The molecule has 0 aliphatic heterocycles. The average molecular weight is 195 g/mol. The zero-order valence-electron chi connectivity index (χ0n) is 5.65. The third kappa shape index (κ3) is 4.27. The van der Waals surface area contributed by atoms with Gasteiger partial charge < -0.3 is 10.2 Å². The van der Waals surface area contributed by atoms with Crippen LogP contribution >= 0.6 is 15.9 Å². The van der Waals surface area contributed by atoms with Gasteiger partial charge in [0.15, 0.2) is 0 Å². The standard InChI is InChI=1S/C5H11BrN2O/c1-8(2)5(9)7-4-3-6/h3-4H2,1-2H3,(H,7,9). The lowest BCUT2D eigenvalue weighted by Gasteiger charge is -2.09. The number of amides is 2. The van der Waals surface area contributed by atoms with E-state index in [2.05, 4.69) is 21.2 Å². The van der Waals surface area contributed by atoms with Crippen LogP contribution in [-0.4, -0.2) is 36.9 Å². The molecule has 0 aliphatic carbocycles.